The Kier molecular flexibility index (Phi) is 3.75. The number of H-pyrrole nitrogens is 1. The first kappa shape index (κ1) is 13.8. The maximum Gasteiger partial charge on any atom is 0.197 e. The first-order valence-corrected chi connectivity index (χ1v) is 7.14. The lowest BCUT2D eigenvalue weighted by atomic mass is 10.2. The van der Waals surface area contributed by atoms with E-state index in [0.29, 0.717) is 6.54 Å². The standard InChI is InChI=1S/C15H17ClN4O/c1-9-7-17-13-12(9)19-15(16)20-14(13)18-8-10-3-5-11(21-2)6-4-10/h3-7,15,17,19H,8H2,1-2H3,(H,18,20). The Balaban J connectivity index is 1.74. The lowest BCUT2D eigenvalue weighted by Gasteiger charge is -2.20. The zero-order valence-corrected chi connectivity index (χ0v) is 12.7. The minimum absolute atomic E-state index is 0.453. The van der Waals surface area contributed by atoms with Crippen molar-refractivity contribution in [3.63, 3.8) is 0 Å². The zero-order valence-electron chi connectivity index (χ0n) is 11.9. The van der Waals surface area contributed by atoms with Crippen molar-refractivity contribution in [2.75, 3.05) is 12.4 Å². The van der Waals surface area contributed by atoms with Crippen molar-refractivity contribution in [2.24, 2.45) is 4.99 Å². The number of rotatable bonds is 3. The minimum atomic E-state index is -0.453. The van der Waals surface area contributed by atoms with Gasteiger partial charge in [0.05, 0.1) is 12.8 Å². The molecule has 0 aliphatic carbocycles. The van der Waals surface area contributed by atoms with Crippen molar-refractivity contribution in [2.45, 2.75) is 19.1 Å². The third kappa shape index (κ3) is 2.83. The number of halogens is 1. The topological polar surface area (TPSA) is 61.4 Å². The summed E-state index contributed by atoms with van der Waals surface area (Å²) in [6.07, 6.45) is 1.94. The highest BCUT2D eigenvalue weighted by Crippen LogP contribution is 2.26. The van der Waals surface area contributed by atoms with Gasteiger partial charge in [0.1, 0.15) is 11.4 Å². The summed E-state index contributed by atoms with van der Waals surface area (Å²) in [6, 6.07) is 7.92. The summed E-state index contributed by atoms with van der Waals surface area (Å²) in [4.78, 5) is 7.61. The molecule has 0 amide bonds. The summed E-state index contributed by atoms with van der Waals surface area (Å²) in [5.41, 5.74) is 3.76. The van der Waals surface area contributed by atoms with E-state index < -0.39 is 5.62 Å². The molecule has 6 heteroatoms. The van der Waals surface area contributed by atoms with Crippen LogP contribution in [0.25, 0.3) is 0 Å². The van der Waals surface area contributed by atoms with E-state index in [2.05, 4.69) is 20.6 Å². The van der Waals surface area contributed by atoms with Crippen molar-refractivity contribution in [1.82, 2.24) is 10.3 Å². The van der Waals surface area contributed by atoms with Crippen LogP contribution in [0.15, 0.2) is 35.5 Å². The molecule has 0 saturated carbocycles. The van der Waals surface area contributed by atoms with E-state index in [1.807, 2.05) is 37.4 Å². The average molecular weight is 305 g/mol. The molecule has 1 aliphatic heterocycles. The summed E-state index contributed by atoms with van der Waals surface area (Å²) >= 11 is 6.12. The number of aromatic nitrogens is 1. The molecule has 1 unspecified atom stereocenters. The summed E-state index contributed by atoms with van der Waals surface area (Å²) < 4.78 is 5.15. The highest BCUT2D eigenvalue weighted by molar-refractivity contribution is 6.23. The molecule has 0 spiro atoms. The lowest BCUT2D eigenvalue weighted by molar-refractivity contribution is 0.414. The minimum Gasteiger partial charge on any atom is -0.497 e. The van der Waals surface area contributed by atoms with Crippen molar-refractivity contribution in [3.8, 4) is 5.75 Å². The van der Waals surface area contributed by atoms with Gasteiger partial charge in [0.2, 0.25) is 0 Å². The van der Waals surface area contributed by atoms with Gasteiger partial charge in [-0.15, -0.1) is 0 Å². The molecule has 0 fully saturated rings. The highest BCUT2D eigenvalue weighted by atomic mass is 35.5. The Morgan fingerprint density at radius 1 is 1.33 bits per heavy atom. The number of nitrogens with one attached hydrogen (secondary N) is 3. The van der Waals surface area contributed by atoms with Gasteiger partial charge in [-0.05, 0) is 30.2 Å². The van der Waals surface area contributed by atoms with Crippen LogP contribution in [0, 0.1) is 6.92 Å². The number of aromatic amines is 1. The number of ether oxygens (including phenoxy) is 1. The van der Waals surface area contributed by atoms with E-state index in [1.54, 1.807) is 7.11 Å². The Hall–Kier alpha value is -2.14. The molecule has 3 N–H and O–H groups in total. The van der Waals surface area contributed by atoms with Crippen LogP contribution in [0.5, 0.6) is 5.75 Å². The Labute approximate surface area is 128 Å². The van der Waals surface area contributed by atoms with Gasteiger partial charge in [-0.25, -0.2) is 4.99 Å². The van der Waals surface area contributed by atoms with E-state index >= 15 is 0 Å². The fourth-order valence-corrected chi connectivity index (χ4v) is 2.49. The average Bonchev–Trinajstić information content (AvgIpc) is 2.87. The van der Waals surface area contributed by atoms with Gasteiger partial charge in [0.15, 0.2) is 11.5 Å². The molecule has 1 aromatic heterocycles. The summed E-state index contributed by atoms with van der Waals surface area (Å²) in [7, 11) is 1.66. The van der Waals surface area contributed by atoms with Gasteiger partial charge in [-0.2, -0.15) is 0 Å². The summed E-state index contributed by atoms with van der Waals surface area (Å²) in [5.74, 6) is 1.62. The van der Waals surface area contributed by atoms with Crippen LogP contribution in [0.1, 0.15) is 16.8 Å². The van der Waals surface area contributed by atoms with Crippen LogP contribution in [0.2, 0.25) is 0 Å². The number of aliphatic imine (C=N–C) groups is 1. The largest absolute Gasteiger partial charge is 0.497 e. The third-order valence-electron chi connectivity index (χ3n) is 3.44. The molecule has 1 aliphatic rings. The second kappa shape index (κ2) is 5.69. The molecule has 5 nitrogen and oxygen atoms in total. The van der Waals surface area contributed by atoms with Crippen molar-refractivity contribution in [3.05, 3.63) is 47.3 Å². The molecule has 1 atom stereocenters. The van der Waals surface area contributed by atoms with Crippen LogP contribution >= 0.6 is 11.6 Å². The van der Waals surface area contributed by atoms with Gasteiger partial charge in [0, 0.05) is 12.7 Å². The van der Waals surface area contributed by atoms with Crippen molar-refractivity contribution >= 4 is 23.1 Å². The zero-order chi connectivity index (χ0) is 14.8. The fraction of sp³-hybridized carbons (Fsp3) is 0.267. The molecule has 3 rings (SSSR count). The maximum atomic E-state index is 6.12. The molecule has 0 radical (unpaired) electrons. The van der Waals surface area contributed by atoms with Crippen LogP contribution in [0.4, 0.5) is 5.69 Å². The number of amidine groups is 1. The maximum absolute atomic E-state index is 6.12. The first-order chi connectivity index (χ1) is 10.2. The summed E-state index contributed by atoms with van der Waals surface area (Å²) in [5, 5.41) is 6.47. The smallest absolute Gasteiger partial charge is 0.197 e. The molecule has 2 heterocycles. The molecule has 2 aromatic rings. The number of anilines is 1. The second-order valence-corrected chi connectivity index (χ2v) is 5.29. The first-order valence-electron chi connectivity index (χ1n) is 6.71. The number of aryl methyl sites for hydroxylation is 1. The van der Waals surface area contributed by atoms with Gasteiger partial charge < -0.3 is 20.4 Å². The van der Waals surface area contributed by atoms with E-state index in [1.165, 1.54) is 0 Å². The van der Waals surface area contributed by atoms with E-state index in [9.17, 15) is 0 Å². The predicted molar refractivity (Wildman–Crippen MR) is 85.2 cm³/mol. The molecule has 0 saturated heterocycles. The predicted octanol–water partition coefficient (Wildman–Crippen LogP) is 2.82. The number of hydrogen-bond donors (Lipinski definition) is 3. The van der Waals surface area contributed by atoms with Crippen LogP contribution in [-0.4, -0.2) is 23.6 Å². The number of alkyl halides is 1. The summed E-state index contributed by atoms with van der Waals surface area (Å²) in [6.45, 7) is 2.70. The molecule has 0 bridgehead atoms. The van der Waals surface area contributed by atoms with Crippen molar-refractivity contribution in [1.29, 1.82) is 0 Å². The van der Waals surface area contributed by atoms with Gasteiger partial charge in [0.25, 0.3) is 0 Å². The lowest BCUT2D eigenvalue weighted by Crippen LogP contribution is -2.31. The number of nitrogens with zero attached hydrogens (tertiary/aromatic N) is 1. The highest BCUT2D eigenvalue weighted by Gasteiger charge is 2.21. The molecular formula is C15H17ClN4O. The second-order valence-electron chi connectivity index (χ2n) is 4.88. The Bertz CT molecular complexity index is 663. The number of fused-ring (bicyclic) bond motifs is 1. The van der Waals surface area contributed by atoms with Crippen LogP contribution in [0.3, 0.4) is 0 Å². The molecule has 21 heavy (non-hydrogen) atoms. The fourth-order valence-electron chi connectivity index (χ4n) is 2.29. The normalized spacial score (nSPS) is 16.7. The van der Waals surface area contributed by atoms with E-state index in [-0.39, 0.29) is 0 Å². The number of benzene rings is 1. The Morgan fingerprint density at radius 2 is 2.10 bits per heavy atom. The van der Waals surface area contributed by atoms with Gasteiger partial charge in [-0.1, -0.05) is 23.7 Å². The quantitative estimate of drug-likeness (QED) is 0.603. The van der Waals surface area contributed by atoms with Crippen molar-refractivity contribution < 1.29 is 4.74 Å². The monoisotopic (exact) mass is 304 g/mol. The SMILES string of the molecule is COc1ccc(CNC2=NC(Cl)Nc3c(C)c[nH]c32)cc1. The number of hydrogen-bond acceptors (Lipinski definition) is 4. The molecular weight excluding hydrogens is 288 g/mol. The van der Waals surface area contributed by atoms with E-state index in [0.717, 1.165) is 34.1 Å². The molecule has 1 aromatic carbocycles. The third-order valence-corrected chi connectivity index (χ3v) is 3.65. The van der Waals surface area contributed by atoms with E-state index in [4.69, 9.17) is 16.3 Å². The Morgan fingerprint density at radius 3 is 2.81 bits per heavy atom. The number of methoxy groups -OCH3 is 1. The van der Waals surface area contributed by atoms with Crippen LogP contribution in [-0.2, 0) is 6.54 Å². The van der Waals surface area contributed by atoms with Crippen LogP contribution < -0.4 is 15.4 Å². The van der Waals surface area contributed by atoms with Gasteiger partial charge >= 0.3 is 0 Å². The van der Waals surface area contributed by atoms with Gasteiger partial charge in [-0.3, -0.25) is 0 Å². The molecule has 110 valence electrons.